The minimum Gasteiger partial charge on any atom is -0.459 e. The molecular formula is C17H29NO3. The molecule has 120 valence electrons. The molecule has 4 aliphatic rings. The van der Waals surface area contributed by atoms with E-state index >= 15 is 0 Å². The number of nitrogens with two attached hydrogens (primary N) is 1. The van der Waals surface area contributed by atoms with Crippen LogP contribution < -0.4 is 5.73 Å². The van der Waals surface area contributed by atoms with E-state index in [2.05, 4.69) is 0 Å². The molecule has 4 heteroatoms. The Labute approximate surface area is 127 Å². The van der Waals surface area contributed by atoms with Gasteiger partial charge in [0.15, 0.2) is 0 Å². The number of esters is 1. The SMILES string of the molecule is CO[C@H]([C@H](C)OC(=O)[C@H](C)N)C12CC3CC(CC(C3)C1)C2. The maximum Gasteiger partial charge on any atom is 0.322 e. The van der Waals surface area contributed by atoms with Crippen LogP contribution in [-0.2, 0) is 14.3 Å². The van der Waals surface area contributed by atoms with E-state index in [1.54, 1.807) is 14.0 Å². The lowest BCUT2D eigenvalue weighted by Gasteiger charge is -2.59. The molecule has 2 N–H and O–H groups in total. The molecule has 0 radical (unpaired) electrons. The zero-order chi connectivity index (χ0) is 15.2. The predicted molar refractivity (Wildman–Crippen MR) is 80.6 cm³/mol. The van der Waals surface area contributed by atoms with Gasteiger partial charge in [-0.3, -0.25) is 4.79 Å². The van der Waals surface area contributed by atoms with E-state index in [9.17, 15) is 4.79 Å². The second-order valence-electron chi connectivity index (χ2n) is 7.87. The maximum absolute atomic E-state index is 11.8. The van der Waals surface area contributed by atoms with Crippen molar-refractivity contribution < 1.29 is 14.3 Å². The van der Waals surface area contributed by atoms with E-state index in [1.807, 2.05) is 6.92 Å². The third kappa shape index (κ3) is 2.72. The van der Waals surface area contributed by atoms with Crippen LogP contribution in [-0.4, -0.2) is 31.3 Å². The Kier molecular flexibility index (Phi) is 4.04. The van der Waals surface area contributed by atoms with Crippen LogP contribution in [0.25, 0.3) is 0 Å². The Morgan fingerprint density at radius 1 is 1.10 bits per heavy atom. The smallest absolute Gasteiger partial charge is 0.322 e. The second-order valence-corrected chi connectivity index (χ2v) is 7.87. The number of ether oxygens (including phenoxy) is 2. The summed E-state index contributed by atoms with van der Waals surface area (Å²) in [5.74, 6) is 2.27. The van der Waals surface area contributed by atoms with Gasteiger partial charge in [0.25, 0.3) is 0 Å². The fourth-order valence-electron chi connectivity index (χ4n) is 5.82. The summed E-state index contributed by atoms with van der Waals surface area (Å²) in [5, 5.41) is 0. The lowest BCUT2D eigenvalue weighted by molar-refractivity contribution is -0.184. The summed E-state index contributed by atoms with van der Waals surface area (Å²) in [6.45, 7) is 3.63. The van der Waals surface area contributed by atoms with Crippen molar-refractivity contribution >= 4 is 5.97 Å². The van der Waals surface area contributed by atoms with Crippen molar-refractivity contribution in [2.75, 3.05) is 7.11 Å². The van der Waals surface area contributed by atoms with Crippen LogP contribution in [0.3, 0.4) is 0 Å². The molecule has 0 saturated heterocycles. The molecule has 0 amide bonds. The minimum atomic E-state index is -0.568. The number of rotatable bonds is 5. The summed E-state index contributed by atoms with van der Waals surface area (Å²) in [7, 11) is 1.76. The second kappa shape index (κ2) is 5.54. The molecule has 0 heterocycles. The zero-order valence-corrected chi connectivity index (χ0v) is 13.5. The van der Waals surface area contributed by atoms with E-state index in [1.165, 1.54) is 38.5 Å². The minimum absolute atomic E-state index is 0.00796. The first-order valence-electron chi connectivity index (χ1n) is 8.42. The topological polar surface area (TPSA) is 61.5 Å². The number of hydrogen-bond donors (Lipinski definition) is 1. The van der Waals surface area contributed by atoms with E-state index in [0.29, 0.717) is 0 Å². The molecule has 3 atom stereocenters. The molecule has 4 aliphatic carbocycles. The molecule has 0 unspecified atom stereocenters. The average molecular weight is 295 g/mol. The van der Waals surface area contributed by atoms with E-state index in [-0.39, 0.29) is 23.6 Å². The van der Waals surface area contributed by atoms with Gasteiger partial charge in [-0.15, -0.1) is 0 Å². The van der Waals surface area contributed by atoms with Crippen LogP contribution in [0.5, 0.6) is 0 Å². The van der Waals surface area contributed by atoms with Crippen molar-refractivity contribution in [1.29, 1.82) is 0 Å². The number of carbonyl (C=O) groups is 1. The molecule has 4 nitrogen and oxygen atoms in total. The Bertz CT molecular complexity index is 372. The fraction of sp³-hybridized carbons (Fsp3) is 0.941. The molecule has 4 bridgehead atoms. The monoisotopic (exact) mass is 295 g/mol. The van der Waals surface area contributed by atoms with Gasteiger partial charge in [0.05, 0.1) is 6.10 Å². The molecule has 0 aliphatic heterocycles. The molecule has 4 fully saturated rings. The quantitative estimate of drug-likeness (QED) is 0.792. The first-order chi connectivity index (χ1) is 9.93. The average Bonchev–Trinajstić information content (AvgIpc) is 2.36. The predicted octanol–water partition coefficient (Wildman–Crippen LogP) is 2.50. The van der Waals surface area contributed by atoms with Gasteiger partial charge in [0, 0.05) is 12.5 Å². The summed E-state index contributed by atoms with van der Waals surface area (Å²) in [6, 6.07) is -0.568. The highest BCUT2D eigenvalue weighted by atomic mass is 16.6. The fourth-order valence-corrected chi connectivity index (χ4v) is 5.82. The first kappa shape index (κ1) is 15.3. The van der Waals surface area contributed by atoms with Crippen LogP contribution in [0, 0.1) is 23.2 Å². The standard InChI is InChI=1S/C17H29NO3/c1-10(18)16(19)21-11(2)15(20-3)17-7-12-4-13(8-17)6-14(5-12)9-17/h10-15H,4-9,18H2,1-3H3/t10-,11-,12?,13?,14?,15+,17?/m0/s1. The van der Waals surface area contributed by atoms with Crippen molar-refractivity contribution in [3.05, 3.63) is 0 Å². The van der Waals surface area contributed by atoms with Crippen molar-refractivity contribution in [2.24, 2.45) is 28.9 Å². The van der Waals surface area contributed by atoms with Crippen LogP contribution in [0.15, 0.2) is 0 Å². The summed E-state index contributed by atoms with van der Waals surface area (Å²) in [6.07, 6.45) is 7.75. The molecule has 4 rings (SSSR count). The zero-order valence-electron chi connectivity index (χ0n) is 13.5. The molecule has 4 saturated carbocycles. The Balaban J connectivity index is 1.75. The van der Waals surface area contributed by atoms with Crippen molar-refractivity contribution in [3.8, 4) is 0 Å². The van der Waals surface area contributed by atoms with Gasteiger partial charge in [0.1, 0.15) is 12.1 Å². The Morgan fingerprint density at radius 3 is 1.95 bits per heavy atom. The van der Waals surface area contributed by atoms with Crippen LogP contribution >= 0.6 is 0 Å². The van der Waals surface area contributed by atoms with Crippen LogP contribution in [0.1, 0.15) is 52.4 Å². The highest BCUT2D eigenvalue weighted by molar-refractivity contribution is 5.75. The van der Waals surface area contributed by atoms with Crippen molar-refractivity contribution in [2.45, 2.75) is 70.6 Å². The third-order valence-electron chi connectivity index (χ3n) is 6.04. The molecule has 0 aromatic carbocycles. The van der Waals surface area contributed by atoms with E-state index in [0.717, 1.165) is 17.8 Å². The molecule has 0 aromatic rings. The summed E-state index contributed by atoms with van der Waals surface area (Å²) in [5.41, 5.74) is 5.84. The largest absolute Gasteiger partial charge is 0.459 e. The van der Waals surface area contributed by atoms with Gasteiger partial charge in [-0.1, -0.05) is 0 Å². The molecule has 0 spiro atoms. The normalized spacial score (nSPS) is 41.6. The number of carbonyl (C=O) groups excluding carboxylic acids is 1. The third-order valence-corrected chi connectivity index (χ3v) is 6.04. The Morgan fingerprint density at radius 2 is 1.57 bits per heavy atom. The van der Waals surface area contributed by atoms with Gasteiger partial charge in [-0.25, -0.2) is 0 Å². The van der Waals surface area contributed by atoms with E-state index in [4.69, 9.17) is 15.2 Å². The lowest BCUT2D eigenvalue weighted by atomic mass is 9.47. The highest BCUT2D eigenvalue weighted by Crippen LogP contribution is 2.62. The van der Waals surface area contributed by atoms with Gasteiger partial charge >= 0.3 is 5.97 Å². The Hall–Kier alpha value is -0.610. The number of methoxy groups -OCH3 is 1. The lowest BCUT2D eigenvalue weighted by Crippen LogP contribution is -2.56. The van der Waals surface area contributed by atoms with E-state index < -0.39 is 6.04 Å². The molecule has 0 aromatic heterocycles. The molecular weight excluding hydrogens is 266 g/mol. The first-order valence-corrected chi connectivity index (χ1v) is 8.42. The van der Waals surface area contributed by atoms with Crippen molar-refractivity contribution in [3.63, 3.8) is 0 Å². The summed E-state index contributed by atoms with van der Waals surface area (Å²) >= 11 is 0. The van der Waals surface area contributed by atoms with Gasteiger partial charge < -0.3 is 15.2 Å². The van der Waals surface area contributed by atoms with Crippen LogP contribution in [0.2, 0.25) is 0 Å². The number of hydrogen-bond acceptors (Lipinski definition) is 4. The summed E-state index contributed by atoms with van der Waals surface area (Å²) in [4.78, 5) is 11.8. The van der Waals surface area contributed by atoms with Gasteiger partial charge in [-0.05, 0) is 70.1 Å². The van der Waals surface area contributed by atoms with Gasteiger partial charge in [0.2, 0.25) is 0 Å². The van der Waals surface area contributed by atoms with Gasteiger partial charge in [-0.2, -0.15) is 0 Å². The van der Waals surface area contributed by atoms with Crippen LogP contribution in [0.4, 0.5) is 0 Å². The molecule has 21 heavy (non-hydrogen) atoms. The maximum atomic E-state index is 11.8. The van der Waals surface area contributed by atoms with Crippen molar-refractivity contribution in [1.82, 2.24) is 0 Å². The summed E-state index contributed by atoms with van der Waals surface area (Å²) < 4.78 is 11.4. The highest BCUT2D eigenvalue weighted by Gasteiger charge is 2.56.